The molecule has 0 amide bonds. The molecule has 0 atom stereocenters. The molecule has 0 aliphatic carbocycles. The van der Waals surface area contributed by atoms with Gasteiger partial charge >= 0.3 is 5.97 Å². The van der Waals surface area contributed by atoms with Gasteiger partial charge in [-0.3, -0.25) is 4.79 Å². The van der Waals surface area contributed by atoms with Crippen molar-refractivity contribution in [2.24, 2.45) is 0 Å². The van der Waals surface area contributed by atoms with Crippen molar-refractivity contribution >= 4 is 11.8 Å². The van der Waals surface area contributed by atoms with E-state index in [1.54, 1.807) is 24.3 Å². The SMILES string of the molecule is O=C(O)C(=O)c1ccccc1Cc1ccccc1. The first-order chi connectivity index (χ1) is 8.68. The van der Waals surface area contributed by atoms with Crippen LogP contribution in [0.1, 0.15) is 21.5 Å². The number of rotatable bonds is 4. The summed E-state index contributed by atoms with van der Waals surface area (Å²) >= 11 is 0. The second-order valence-corrected chi connectivity index (χ2v) is 3.95. The molecule has 0 aliphatic rings. The van der Waals surface area contributed by atoms with E-state index >= 15 is 0 Å². The summed E-state index contributed by atoms with van der Waals surface area (Å²) in [7, 11) is 0. The molecule has 0 bridgehead atoms. The number of carbonyl (C=O) groups is 2. The number of carboxylic acids is 1. The van der Waals surface area contributed by atoms with E-state index in [2.05, 4.69) is 0 Å². The highest BCUT2D eigenvalue weighted by Gasteiger charge is 2.17. The second kappa shape index (κ2) is 5.27. The summed E-state index contributed by atoms with van der Waals surface area (Å²) in [6.07, 6.45) is 0.552. The maximum atomic E-state index is 11.6. The predicted molar refractivity (Wildman–Crippen MR) is 67.7 cm³/mol. The monoisotopic (exact) mass is 240 g/mol. The minimum absolute atomic E-state index is 0.258. The lowest BCUT2D eigenvalue weighted by Gasteiger charge is -2.06. The van der Waals surface area contributed by atoms with Gasteiger partial charge in [-0.15, -0.1) is 0 Å². The van der Waals surface area contributed by atoms with Gasteiger partial charge in [0.1, 0.15) is 0 Å². The zero-order valence-electron chi connectivity index (χ0n) is 9.67. The molecule has 0 saturated heterocycles. The van der Waals surface area contributed by atoms with Gasteiger partial charge in [-0.1, -0.05) is 54.6 Å². The Kier molecular flexibility index (Phi) is 3.53. The van der Waals surface area contributed by atoms with Crippen LogP contribution in [0.5, 0.6) is 0 Å². The molecule has 0 fully saturated rings. The van der Waals surface area contributed by atoms with Crippen LogP contribution < -0.4 is 0 Å². The van der Waals surface area contributed by atoms with E-state index in [1.165, 1.54) is 0 Å². The number of hydrogen-bond donors (Lipinski definition) is 1. The van der Waals surface area contributed by atoms with Gasteiger partial charge in [0.2, 0.25) is 0 Å². The average molecular weight is 240 g/mol. The van der Waals surface area contributed by atoms with Crippen molar-refractivity contribution in [3.05, 3.63) is 71.3 Å². The van der Waals surface area contributed by atoms with Crippen LogP contribution in [0, 0.1) is 0 Å². The Bertz CT molecular complexity index is 573. The second-order valence-electron chi connectivity index (χ2n) is 3.95. The number of hydrogen-bond acceptors (Lipinski definition) is 2. The van der Waals surface area contributed by atoms with Crippen LogP contribution in [0.2, 0.25) is 0 Å². The van der Waals surface area contributed by atoms with Gasteiger partial charge in [0.25, 0.3) is 5.78 Å². The van der Waals surface area contributed by atoms with Gasteiger partial charge in [-0.05, 0) is 17.5 Å². The van der Waals surface area contributed by atoms with E-state index in [4.69, 9.17) is 5.11 Å². The first-order valence-corrected chi connectivity index (χ1v) is 5.58. The molecule has 90 valence electrons. The molecule has 0 aromatic heterocycles. The van der Waals surface area contributed by atoms with Crippen molar-refractivity contribution in [3.63, 3.8) is 0 Å². The highest BCUT2D eigenvalue weighted by atomic mass is 16.4. The number of Topliss-reactive ketones (excluding diaryl/α,β-unsaturated/α-hetero) is 1. The third kappa shape index (κ3) is 2.63. The van der Waals surface area contributed by atoms with Crippen LogP contribution in [0.15, 0.2) is 54.6 Å². The fraction of sp³-hybridized carbons (Fsp3) is 0.0667. The molecule has 0 aliphatic heterocycles. The van der Waals surface area contributed by atoms with Crippen molar-refractivity contribution in [1.82, 2.24) is 0 Å². The van der Waals surface area contributed by atoms with Crippen LogP contribution in [-0.4, -0.2) is 16.9 Å². The fourth-order valence-corrected chi connectivity index (χ4v) is 1.83. The Morgan fingerprint density at radius 2 is 1.50 bits per heavy atom. The number of carboxylic acid groups (broad SMARTS) is 1. The first kappa shape index (κ1) is 12.0. The zero-order chi connectivity index (χ0) is 13.0. The molecule has 0 heterocycles. The van der Waals surface area contributed by atoms with Crippen LogP contribution in [-0.2, 0) is 11.2 Å². The molecular weight excluding hydrogens is 228 g/mol. The fourth-order valence-electron chi connectivity index (χ4n) is 1.83. The largest absolute Gasteiger partial charge is 0.475 e. The predicted octanol–water partition coefficient (Wildman–Crippen LogP) is 2.54. The lowest BCUT2D eigenvalue weighted by atomic mass is 9.97. The molecule has 0 unspecified atom stereocenters. The summed E-state index contributed by atoms with van der Waals surface area (Å²) in [6, 6.07) is 16.4. The van der Waals surface area contributed by atoms with Crippen LogP contribution in [0.4, 0.5) is 0 Å². The Balaban J connectivity index is 2.34. The standard InChI is InChI=1S/C15H12O3/c16-14(15(17)18)13-9-5-4-8-12(13)10-11-6-2-1-3-7-11/h1-9H,10H2,(H,17,18). The topological polar surface area (TPSA) is 54.4 Å². The molecule has 0 radical (unpaired) electrons. The molecule has 2 rings (SSSR count). The zero-order valence-corrected chi connectivity index (χ0v) is 9.67. The van der Waals surface area contributed by atoms with Gasteiger partial charge in [0.15, 0.2) is 0 Å². The van der Waals surface area contributed by atoms with Gasteiger partial charge < -0.3 is 5.11 Å². The van der Waals surface area contributed by atoms with Gasteiger partial charge in [0, 0.05) is 5.56 Å². The van der Waals surface area contributed by atoms with E-state index < -0.39 is 11.8 Å². The van der Waals surface area contributed by atoms with E-state index in [0.717, 1.165) is 11.1 Å². The van der Waals surface area contributed by atoms with Gasteiger partial charge in [-0.2, -0.15) is 0 Å². The molecule has 1 N–H and O–H groups in total. The van der Waals surface area contributed by atoms with Crippen LogP contribution >= 0.6 is 0 Å². The molecule has 2 aromatic rings. The minimum atomic E-state index is -1.42. The number of benzene rings is 2. The third-order valence-corrected chi connectivity index (χ3v) is 2.69. The molecule has 0 spiro atoms. The van der Waals surface area contributed by atoms with Crippen molar-refractivity contribution in [2.75, 3.05) is 0 Å². The maximum Gasteiger partial charge on any atom is 0.377 e. The van der Waals surface area contributed by atoms with Crippen LogP contribution in [0.25, 0.3) is 0 Å². The molecule has 0 saturated carbocycles. The minimum Gasteiger partial charge on any atom is -0.475 e. The lowest BCUT2D eigenvalue weighted by Crippen LogP contribution is -2.15. The Labute approximate surface area is 105 Å². The Morgan fingerprint density at radius 1 is 0.889 bits per heavy atom. The number of carbonyl (C=O) groups excluding carboxylic acids is 1. The molecule has 18 heavy (non-hydrogen) atoms. The molecule has 3 nitrogen and oxygen atoms in total. The summed E-state index contributed by atoms with van der Waals surface area (Å²) in [5, 5.41) is 8.78. The van der Waals surface area contributed by atoms with Crippen molar-refractivity contribution in [1.29, 1.82) is 0 Å². The van der Waals surface area contributed by atoms with E-state index in [9.17, 15) is 9.59 Å². The van der Waals surface area contributed by atoms with Crippen molar-refractivity contribution < 1.29 is 14.7 Å². The summed E-state index contributed by atoms with van der Waals surface area (Å²) in [4.78, 5) is 22.3. The van der Waals surface area contributed by atoms with E-state index in [-0.39, 0.29) is 5.56 Å². The smallest absolute Gasteiger partial charge is 0.377 e. The first-order valence-electron chi connectivity index (χ1n) is 5.58. The summed E-state index contributed by atoms with van der Waals surface area (Å²) in [6.45, 7) is 0. The summed E-state index contributed by atoms with van der Waals surface area (Å²) < 4.78 is 0. The summed E-state index contributed by atoms with van der Waals surface area (Å²) in [5.41, 5.74) is 2.04. The van der Waals surface area contributed by atoms with Gasteiger partial charge in [-0.25, -0.2) is 4.79 Å². The summed E-state index contributed by atoms with van der Waals surface area (Å²) in [5.74, 6) is -2.28. The van der Waals surface area contributed by atoms with Gasteiger partial charge in [0.05, 0.1) is 0 Å². The van der Waals surface area contributed by atoms with E-state index in [1.807, 2.05) is 30.3 Å². The average Bonchev–Trinajstić information content (AvgIpc) is 2.39. The number of aliphatic carboxylic acids is 1. The quantitative estimate of drug-likeness (QED) is 0.660. The third-order valence-electron chi connectivity index (χ3n) is 2.69. The molecule has 2 aromatic carbocycles. The molecular formula is C15H12O3. The van der Waals surface area contributed by atoms with Crippen LogP contribution in [0.3, 0.4) is 0 Å². The maximum absolute atomic E-state index is 11.6. The highest BCUT2D eigenvalue weighted by Crippen LogP contribution is 2.15. The Morgan fingerprint density at radius 3 is 2.17 bits per heavy atom. The molecule has 3 heteroatoms. The highest BCUT2D eigenvalue weighted by molar-refractivity contribution is 6.40. The lowest BCUT2D eigenvalue weighted by molar-refractivity contribution is -0.131. The van der Waals surface area contributed by atoms with E-state index in [0.29, 0.717) is 6.42 Å². The van der Waals surface area contributed by atoms with Crippen molar-refractivity contribution in [2.45, 2.75) is 6.42 Å². The Hall–Kier alpha value is -2.42. The van der Waals surface area contributed by atoms with Crippen molar-refractivity contribution in [3.8, 4) is 0 Å². The number of ketones is 1. The normalized spacial score (nSPS) is 10.0.